The molecule has 0 spiro atoms. The Kier molecular flexibility index (Phi) is 4.35. The van der Waals surface area contributed by atoms with E-state index in [0.717, 1.165) is 0 Å². The van der Waals surface area contributed by atoms with Gasteiger partial charge in [-0.1, -0.05) is 18.2 Å². The Bertz CT molecular complexity index is 534. The third kappa shape index (κ3) is 4.51. The first-order valence-electron chi connectivity index (χ1n) is 4.51. The lowest BCUT2D eigenvalue weighted by Crippen LogP contribution is -2.10. The van der Waals surface area contributed by atoms with Crippen molar-refractivity contribution < 1.29 is 16.8 Å². The number of benzene rings is 1. The minimum atomic E-state index is -3.62. The molecule has 0 radical (unpaired) electrons. The zero-order valence-corrected chi connectivity index (χ0v) is 10.7. The van der Waals surface area contributed by atoms with Crippen LogP contribution in [0.1, 0.15) is 6.42 Å². The summed E-state index contributed by atoms with van der Waals surface area (Å²) in [5.41, 5.74) is 0. The van der Waals surface area contributed by atoms with Gasteiger partial charge in [-0.2, -0.15) is 0 Å². The molecule has 0 unspecified atom stereocenters. The zero-order valence-electron chi connectivity index (χ0n) is 8.34. The van der Waals surface area contributed by atoms with Crippen molar-refractivity contribution in [1.82, 2.24) is 0 Å². The summed E-state index contributed by atoms with van der Waals surface area (Å²) in [6.07, 6.45) is 0.00304. The minimum absolute atomic E-state index is 0.00304. The standard InChI is InChI=1S/C9H11ClO4S2/c10-16(13,14)8-4-7-15(11,12)9-5-2-1-3-6-9/h1-3,5-6H,4,7-8H2. The molecule has 0 N–H and O–H groups in total. The summed E-state index contributed by atoms with van der Waals surface area (Å²) in [4.78, 5) is 0.196. The summed E-state index contributed by atoms with van der Waals surface area (Å²) >= 11 is 0. The van der Waals surface area contributed by atoms with Crippen LogP contribution in [0.4, 0.5) is 0 Å². The van der Waals surface area contributed by atoms with Gasteiger partial charge in [0, 0.05) is 10.7 Å². The highest BCUT2D eigenvalue weighted by atomic mass is 35.7. The largest absolute Gasteiger partial charge is 0.232 e. The molecule has 0 fully saturated rings. The zero-order chi connectivity index (χ0) is 12.2. The van der Waals surface area contributed by atoms with Crippen molar-refractivity contribution in [3.63, 3.8) is 0 Å². The highest BCUT2D eigenvalue weighted by Gasteiger charge is 2.15. The van der Waals surface area contributed by atoms with Gasteiger partial charge in [0.2, 0.25) is 9.05 Å². The Hall–Kier alpha value is -0.590. The molecular formula is C9H11ClO4S2. The van der Waals surface area contributed by atoms with Crippen molar-refractivity contribution in [2.75, 3.05) is 11.5 Å². The average Bonchev–Trinajstić information content (AvgIpc) is 2.17. The number of hydrogen-bond acceptors (Lipinski definition) is 4. The third-order valence-corrected chi connectivity index (χ3v) is 4.96. The van der Waals surface area contributed by atoms with Gasteiger partial charge in [-0.15, -0.1) is 0 Å². The average molecular weight is 283 g/mol. The molecular weight excluding hydrogens is 272 g/mol. The first-order valence-corrected chi connectivity index (χ1v) is 8.64. The van der Waals surface area contributed by atoms with Crippen LogP contribution in [-0.4, -0.2) is 28.3 Å². The van der Waals surface area contributed by atoms with Gasteiger partial charge in [0.25, 0.3) is 0 Å². The van der Waals surface area contributed by atoms with Crippen molar-refractivity contribution in [2.45, 2.75) is 11.3 Å². The molecule has 0 amide bonds. The normalized spacial score (nSPS) is 12.6. The maximum absolute atomic E-state index is 11.7. The second-order valence-corrected chi connectivity index (χ2v) is 8.23. The molecule has 0 heterocycles. The van der Waals surface area contributed by atoms with Crippen LogP contribution in [0.2, 0.25) is 0 Å². The number of hydrogen-bond donors (Lipinski definition) is 0. The quantitative estimate of drug-likeness (QED) is 0.766. The first kappa shape index (κ1) is 13.5. The Morgan fingerprint density at radius 3 is 2.00 bits per heavy atom. The lowest BCUT2D eigenvalue weighted by atomic mass is 10.4. The maximum Gasteiger partial charge on any atom is 0.232 e. The molecule has 90 valence electrons. The van der Waals surface area contributed by atoms with E-state index < -0.39 is 18.9 Å². The van der Waals surface area contributed by atoms with E-state index in [-0.39, 0.29) is 22.8 Å². The lowest BCUT2D eigenvalue weighted by Gasteiger charge is -2.02. The van der Waals surface area contributed by atoms with Crippen molar-refractivity contribution in [1.29, 1.82) is 0 Å². The number of rotatable bonds is 5. The SMILES string of the molecule is O=S(=O)(Cl)CCCS(=O)(=O)c1ccccc1. The summed E-state index contributed by atoms with van der Waals surface area (Å²) < 4.78 is 44.6. The molecule has 0 saturated heterocycles. The molecule has 7 heteroatoms. The Morgan fingerprint density at radius 2 is 1.50 bits per heavy atom. The number of halogens is 1. The van der Waals surface area contributed by atoms with Gasteiger partial charge in [-0.3, -0.25) is 0 Å². The summed E-state index contributed by atoms with van der Waals surface area (Å²) in [6, 6.07) is 7.90. The Morgan fingerprint density at radius 1 is 0.938 bits per heavy atom. The topological polar surface area (TPSA) is 68.3 Å². The predicted molar refractivity (Wildman–Crippen MR) is 62.8 cm³/mol. The lowest BCUT2D eigenvalue weighted by molar-refractivity contribution is 0.593. The van der Waals surface area contributed by atoms with Crippen LogP contribution in [0.5, 0.6) is 0 Å². The van der Waals surface area contributed by atoms with E-state index in [1.807, 2.05) is 0 Å². The van der Waals surface area contributed by atoms with Gasteiger partial charge in [0.15, 0.2) is 9.84 Å². The van der Waals surface area contributed by atoms with Crippen LogP contribution < -0.4 is 0 Å². The molecule has 0 aliphatic rings. The van der Waals surface area contributed by atoms with Crippen LogP contribution in [0, 0.1) is 0 Å². The first-order chi connectivity index (χ1) is 7.31. The molecule has 0 atom stereocenters. The van der Waals surface area contributed by atoms with Gasteiger partial charge in [0.1, 0.15) is 0 Å². The Balaban J connectivity index is 2.68. The second-order valence-electron chi connectivity index (χ2n) is 3.23. The molecule has 4 nitrogen and oxygen atoms in total. The Labute approximate surface area is 99.6 Å². The smallest absolute Gasteiger partial charge is 0.224 e. The summed E-state index contributed by atoms with van der Waals surface area (Å²) in [7, 11) is -2.04. The predicted octanol–water partition coefficient (Wildman–Crippen LogP) is 1.42. The monoisotopic (exact) mass is 282 g/mol. The van der Waals surface area contributed by atoms with E-state index >= 15 is 0 Å². The van der Waals surface area contributed by atoms with E-state index in [2.05, 4.69) is 0 Å². The summed E-state index contributed by atoms with van der Waals surface area (Å²) in [6.45, 7) is 0. The minimum Gasteiger partial charge on any atom is -0.224 e. The molecule has 0 aliphatic heterocycles. The van der Waals surface area contributed by atoms with E-state index in [1.165, 1.54) is 12.1 Å². The van der Waals surface area contributed by atoms with Crippen LogP contribution in [0.25, 0.3) is 0 Å². The molecule has 1 aromatic rings. The van der Waals surface area contributed by atoms with Gasteiger partial charge < -0.3 is 0 Å². The van der Waals surface area contributed by atoms with E-state index in [1.54, 1.807) is 18.2 Å². The van der Waals surface area contributed by atoms with Crippen molar-refractivity contribution in [3.8, 4) is 0 Å². The van der Waals surface area contributed by atoms with Crippen LogP contribution >= 0.6 is 10.7 Å². The van der Waals surface area contributed by atoms with Crippen LogP contribution in [0.3, 0.4) is 0 Å². The van der Waals surface area contributed by atoms with Crippen molar-refractivity contribution in [3.05, 3.63) is 30.3 Å². The molecule has 0 saturated carbocycles. The van der Waals surface area contributed by atoms with Crippen molar-refractivity contribution in [2.24, 2.45) is 0 Å². The molecule has 1 rings (SSSR count). The van der Waals surface area contributed by atoms with E-state index in [4.69, 9.17) is 10.7 Å². The third-order valence-electron chi connectivity index (χ3n) is 1.90. The molecule has 0 bridgehead atoms. The molecule has 1 aromatic carbocycles. The van der Waals surface area contributed by atoms with Gasteiger partial charge in [0.05, 0.1) is 16.4 Å². The van der Waals surface area contributed by atoms with Crippen molar-refractivity contribution >= 4 is 29.6 Å². The molecule has 0 aromatic heterocycles. The highest BCUT2D eigenvalue weighted by molar-refractivity contribution is 8.13. The van der Waals surface area contributed by atoms with Crippen LogP contribution in [-0.2, 0) is 18.9 Å². The second kappa shape index (κ2) is 5.16. The fourth-order valence-corrected chi connectivity index (χ4v) is 3.50. The highest BCUT2D eigenvalue weighted by Crippen LogP contribution is 2.12. The fraction of sp³-hybridized carbons (Fsp3) is 0.333. The van der Waals surface area contributed by atoms with E-state index in [9.17, 15) is 16.8 Å². The maximum atomic E-state index is 11.7. The molecule has 16 heavy (non-hydrogen) atoms. The van der Waals surface area contributed by atoms with Gasteiger partial charge in [-0.25, -0.2) is 16.8 Å². The fourth-order valence-electron chi connectivity index (χ4n) is 1.17. The van der Waals surface area contributed by atoms with Crippen LogP contribution in [0.15, 0.2) is 35.2 Å². The summed E-state index contributed by atoms with van der Waals surface area (Å²) in [5, 5.41) is 0. The number of sulfone groups is 1. The van der Waals surface area contributed by atoms with Gasteiger partial charge >= 0.3 is 0 Å². The summed E-state index contributed by atoms with van der Waals surface area (Å²) in [5.74, 6) is -0.552. The van der Waals surface area contributed by atoms with Gasteiger partial charge in [-0.05, 0) is 18.6 Å². The molecule has 0 aliphatic carbocycles. The van der Waals surface area contributed by atoms with E-state index in [0.29, 0.717) is 0 Å².